The normalized spacial score (nSPS) is 16.9. The number of amides is 1. The van der Waals surface area contributed by atoms with Crippen molar-refractivity contribution in [3.8, 4) is 0 Å². The highest BCUT2D eigenvalue weighted by Crippen LogP contribution is 2.20. The number of nitrogens with one attached hydrogen (secondary N) is 1. The summed E-state index contributed by atoms with van der Waals surface area (Å²) in [6.07, 6.45) is 1.90. The van der Waals surface area contributed by atoms with Gasteiger partial charge >= 0.3 is 0 Å². The number of rotatable bonds is 7. The molecule has 28 heavy (non-hydrogen) atoms. The van der Waals surface area contributed by atoms with Crippen molar-refractivity contribution >= 4 is 23.2 Å². The molecule has 1 aliphatic rings. The van der Waals surface area contributed by atoms with Crippen LogP contribution in [0.15, 0.2) is 28.9 Å². The molecule has 0 saturated carbocycles. The molecule has 1 amide bonds. The number of oxazole rings is 1. The molecular weight excluding hydrogens is 380 g/mol. The Balaban J connectivity index is 1.50. The summed E-state index contributed by atoms with van der Waals surface area (Å²) in [7, 11) is 0. The molecule has 1 aromatic carbocycles. The molecule has 0 radical (unpaired) electrons. The van der Waals surface area contributed by atoms with Crippen LogP contribution in [0.25, 0.3) is 0 Å². The lowest BCUT2D eigenvalue weighted by atomic mass is 10.2. The van der Waals surface area contributed by atoms with Crippen LogP contribution in [-0.2, 0) is 6.54 Å². The number of anilines is 1. The monoisotopic (exact) mass is 406 g/mol. The van der Waals surface area contributed by atoms with Gasteiger partial charge in [-0.25, -0.2) is 4.98 Å². The van der Waals surface area contributed by atoms with Gasteiger partial charge in [-0.1, -0.05) is 24.6 Å². The fourth-order valence-electron chi connectivity index (χ4n) is 3.10. The number of aliphatic hydroxyl groups excluding tert-OH is 1. The van der Waals surface area contributed by atoms with Crippen LogP contribution in [0.3, 0.4) is 0 Å². The summed E-state index contributed by atoms with van der Waals surface area (Å²) in [6, 6.07) is 5.37. The van der Waals surface area contributed by atoms with E-state index in [1.165, 1.54) is 6.26 Å². The van der Waals surface area contributed by atoms with E-state index < -0.39 is 0 Å². The second kappa shape index (κ2) is 9.52. The van der Waals surface area contributed by atoms with Crippen LogP contribution in [0, 0.1) is 6.92 Å². The number of benzene rings is 1. The first-order valence-corrected chi connectivity index (χ1v) is 9.97. The van der Waals surface area contributed by atoms with Gasteiger partial charge in [0, 0.05) is 43.4 Å². The predicted molar refractivity (Wildman–Crippen MR) is 109 cm³/mol. The molecule has 2 heterocycles. The molecule has 8 heteroatoms. The maximum Gasteiger partial charge on any atom is 0.277 e. The number of carbonyl (C=O) groups is 1. The van der Waals surface area contributed by atoms with Gasteiger partial charge in [0.2, 0.25) is 5.89 Å². The van der Waals surface area contributed by atoms with Crippen LogP contribution in [0.5, 0.6) is 0 Å². The van der Waals surface area contributed by atoms with Crippen molar-refractivity contribution in [1.29, 1.82) is 0 Å². The molecule has 0 bridgehead atoms. The lowest BCUT2D eigenvalue weighted by Crippen LogP contribution is -2.48. The van der Waals surface area contributed by atoms with Crippen LogP contribution < -0.4 is 5.32 Å². The first-order chi connectivity index (χ1) is 13.4. The molecule has 7 nitrogen and oxygen atoms in total. The SMILES string of the molecule is CC[C@H](O)CN1CCN(Cc2nc(C(=O)Nc3ccc(C)c(Cl)c3)co2)CC1. The molecule has 1 saturated heterocycles. The lowest BCUT2D eigenvalue weighted by Gasteiger charge is -2.34. The third-order valence-electron chi connectivity index (χ3n) is 4.98. The number of aromatic nitrogens is 1. The second-order valence-corrected chi connectivity index (χ2v) is 7.59. The van der Waals surface area contributed by atoms with Crippen molar-refractivity contribution in [2.75, 3.05) is 38.0 Å². The van der Waals surface area contributed by atoms with E-state index >= 15 is 0 Å². The first kappa shape index (κ1) is 20.8. The molecule has 2 N–H and O–H groups in total. The van der Waals surface area contributed by atoms with E-state index in [0.29, 0.717) is 23.1 Å². The third kappa shape index (κ3) is 5.54. The highest BCUT2D eigenvalue weighted by Gasteiger charge is 2.21. The standard InChI is InChI=1S/C20H27ClN4O3/c1-3-16(26)11-24-6-8-25(9-7-24)12-19-23-18(13-28-19)20(27)22-15-5-4-14(2)17(21)10-15/h4-5,10,13,16,26H,3,6-9,11-12H2,1-2H3,(H,22,27)/t16-/m0/s1. The minimum atomic E-state index is -0.326. The van der Waals surface area contributed by atoms with Crippen molar-refractivity contribution in [1.82, 2.24) is 14.8 Å². The molecule has 0 unspecified atom stereocenters. The average molecular weight is 407 g/mol. The van der Waals surface area contributed by atoms with Gasteiger partial charge in [-0.15, -0.1) is 0 Å². The number of hydrogen-bond donors (Lipinski definition) is 2. The Bertz CT molecular complexity index is 802. The Kier molecular flexibility index (Phi) is 7.07. The summed E-state index contributed by atoms with van der Waals surface area (Å²) in [5.74, 6) is 0.197. The molecule has 1 aromatic heterocycles. The van der Waals surface area contributed by atoms with Gasteiger partial charge in [-0.05, 0) is 31.0 Å². The lowest BCUT2D eigenvalue weighted by molar-refractivity contribution is 0.0658. The Morgan fingerprint density at radius 3 is 2.71 bits per heavy atom. The van der Waals surface area contributed by atoms with Gasteiger partial charge in [0.05, 0.1) is 12.6 Å². The van der Waals surface area contributed by atoms with E-state index in [1.54, 1.807) is 12.1 Å². The van der Waals surface area contributed by atoms with E-state index in [1.807, 2.05) is 19.9 Å². The van der Waals surface area contributed by atoms with Gasteiger partial charge in [-0.3, -0.25) is 14.6 Å². The van der Waals surface area contributed by atoms with Crippen molar-refractivity contribution in [3.05, 3.63) is 46.6 Å². The van der Waals surface area contributed by atoms with Crippen LogP contribution in [-0.4, -0.2) is 64.6 Å². The fourth-order valence-corrected chi connectivity index (χ4v) is 3.28. The fraction of sp³-hybridized carbons (Fsp3) is 0.500. The largest absolute Gasteiger partial charge is 0.447 e. The first-order valence-electron chi connectivity index (χ1n) is 9.59. The number of hydrogen-bond acceptors (Lipinski definition) is 6. The molecule has 2 aromatic rings. The van der Waals surface area contributed by atoms with E-state index in [9.17, 15) is 9.90 Å². The summed E-state index contributed by atoms with van der Waals surface area (Å²) in [6.45, 7) is 8.74. The van der Waals surface area contributed by atoms with Crippen LogP contribution in [0.4, 0.5) is 5.69 Å². The van der Waals surface area contributed by atoms with Crippen molar-refractivity contribution in [2.24, 2.45) is 0 Å². The Hall–Kier alpha value is -1.93. The van der Waals surface area contributed by atoms with E-state index in [4.69, 9.17) is 16.0 Å². The van der Waals surface area contributed by atoms with E-state index in [0.717, 1.165) is 44.7 Å². The van der Waals surface area contributed by atoms with Crippen molar-refractivity contribution in [3.63, 3.8) is 0 Å². The van der Waals surface area contributed by atoms with Crippen LogP contribution in [0.1, 0.15) is 35.3 Å². The van der Waals surface area contributed by atoms with Gasteiger partial charge < -0.3 is 14.8 Å². The number of β-amino-alcohol motifs (C(OH)–C–C–N with tert-alkyl or cyclic N) is 1. The maximum absolute atomic E-state index is 12.4. The maximum atomic E-state index is 12.4. The zero-order valence-electron chi connectivity index (χ0n) is 16.3. The van der Waals surface area contributed by atoms with Crippen molar-refractivity contribution < 1.29 is 14.3 Å². The number of nitrogens with zero attached hydrogens (tertiary/aromatic N) is 3. The Labute approximate surface area is 170 Å². The minimum absolute atomic E-state index is 0.247. The number of aliphatic hydroxyl groups is 1. The van der Waals surface area contributed by atoms with Crippen LogP contribution >= 0.6 is 11.6 Å². The predicted octanol–water partition coefficient (Wildman–Crippen LogP) is 2.78. The number of aryl methyl sites for hydroxylation is 1. The Morgan fingerprint density at radius 2 is 2.04 bits per heavy atom. The smallest absolute Gasteiger partial charge is 0.277 e. The zero-order chi connectivity index (χ0) is 20.1. The van der Waals surface area contributed by atoms with E-state index in [2.05, 4.69) is 20.1 Å². The molecule has 0 spiro atoms. The molecule has 1 fully saturated rings. The van der Waals surface area contributed by atoms with Gasteiger partial charge in [0.1, 0.15) is 6.26 Å². The third-order valence-corrected chi connectivity index (χ3v) is 5.39. The van der Waals surface area contributed by atoms with Crippen LogP contribution in [0.2, 0.25) is 5.02 Å². The number of piperazine rings is 1. The summed E-state index contributed by atoms with van der Waals surface area (Å²) < 4.78 is 5.48. The molecule has 1 atom stereocenters. The average Bonchev–Trinajstić information content (AvgIpc) is 3.15. The van der Waals surface area contributed by atoms with Gasteiger partial charge in [0.15, 0.2) is 5.69 Å². The topological polar surface area (TPSA) is 81.8 Å². The van der Waals surface area contributed by atoms with Gasteiger partial charge in [0.25, 0.3) is 5.91 Å². The highest BCUT2D eigenvalue weighted by atomic mass is 35.5. The summed E-state index contributed by atoms with van der Waals surface area (Å²) >= 11 is 6.09. The summed E-state index contributed by atoms with van der Waals surface area (Å²) in [5, 5.41) is 13.2. The molecule has 152 valence electrons. The Morgan fingerprint density at radius 1 is 1.32 bits per heavy atom. The van der Waals surface area contributed by atoms with Crippen molar-refractivity contribution in [2.45, 2.75) is 32.9 Å². The number of carbonyl (C=O) groups excluding carboxylic acids is 1. The minimum Gasteiger partial charge on any atom is -0.447 e. The zero-order valence-corrected chi connectivity index (χ0v) is 17.1. The molecular formula is C20H27ClN4O3. The summed E-state index contributed by atoms with van der Waals surface area (Å²) in [4.78, 5) is 21.2. The summed E-state index contributed by atoms with van der Waals surface area (Å²) in [5.41, 5.74) is 1.82. The van der Waals surface area contributed by atoms with Gasteiger partial charge in [-0.2, -0.15) is 0 Å². The molecule has 0 aliphatic carbocycles. The number of halogens is 1. The molecule has 1 aliphatic heterocycles. The highest BCUT2D eigenvalue weighted by molar-refractivity contribution is 6.31. The van der Waals surface area contributed by atoms with E-state index in [-0.39, 0.29) is 17.7 Å². The molecule has 3 rings (SSSR count). The second-order valence-electron chi connectivity index (χ2n) is 7.18. The quantitative estimate of drug-likeness (QED) is 0.735.